The summed E-state index contributed by atoms with van der Waals surface area (Å²) in [6.45, 7) is -0.133. The zero-order chi connectivity index (χ0) is 13.7. The Bertz CT molecular complexity index is 584. The number of amidine groups is 1. The molecular formula is C12H12N4O3. The van der Waals surface area contributed by atoms with Gasteiger partial charge in [0.1, 0.15) is 11.4 Å². The second-order valence-electron chi connectivity index (χ2n) is 3.59. The van der Waals surface area contributed by atoms with Crippen LogP contribution in [-0.2, 0) is 6.61 Å². The van der Waals surface area contributed by atoms with Crippen molar-refractivity contribution in [2.45, 2.75) is 6.61 Å². The van der Waals surface area contributed by atoms with Gasteiger partial charge in [0.25, 0.3) is 0 Å². The van der Waals surface area contributed by atoms with Gasteiger partial charge in [-0.3, -0.25) is 0 Å². The Morgan fingerprint density at radius 3 is 2.68 bits per heavy atom. The predicted octanol–water partition coefficient (Wildman–Crippen LogP) is 0.856. The van der Waals surface area contributed by atoms with E-state index in [0.717, 1.165) is 0 Å². The minimum Gasteiger partial charge on any atom is -0.437 e. The van der Waals surface area contributed by atoms with Crippen LogP contribution in [-0.4, -0.2) is 26.1 Å². The van der Waals surface area contributed by atoms with Crippen LogP contribution in [0.2, 0.25) is 0 Å². The Hall–Kier alpha value is -2.67. The van der Waals surface area contributed by atoms with E-state index in [-0.39, 0.29) is 24.0 Å². The molecule has 4 N–H and O–H groups in total. The molecule has 0 aliphatic heterocycles. The molecule has 0 amide bonds. The summed E-state index contributed by atoms with van der Waals surface area (Å²) in [6.07, 6.45) is 2.67. The number of hydrogen-bond donors (Lipinski definition) is 3. The van der Waals surface area contributed by atoms with Gasteiger partial charge < -0.3 is 20.8 Å². The molecule has 19 heavy (non-hydrogen) atoms. The van der Waals surface area contributed by atoms with E-state index < -0.39 is 0 Å². The van der Waals surface area contributed by atoms with Crippen molar-refractivity contribution in [2.24, 2.45) is 10.9 Å². The largest absolute Gasteiger partial charge is 0.437 e. The molecule has 1 aromatic heterocycles. The lowest BCUT2D eigenvalue weighted by atomic mass is 10.2. The van der Waals surface area contributed by atoms with Crippen LogP contribution < -0.4 is 10.5 Å². The van der Waals surface area contributed by atoms with Crippen molar-refractivity contribution in [1.82, 2.24) is 9.97 Å². The molecule has 2 aromatic rings. The number of aliphatic hydroxyl groups is 1. The van der Waals surface area contributed by atoms with Crippen LogP contribution >= 0.6 is 0 Å². The third-order valence-corrected chi connectivity index (χ3v) is 2.36. The van der Waals surface area contributed by atoms with Gasteiger partial charge in [0.15, 0.2) is 5.84 Å². The number of hydrogen-bond acceptors (Lipinski definition) is 6. The molecule has 0 radical (unpaired) electrons. The van der Waals surface area contributed by atoms with Crippen LogP contribution in [0.1, 0.15) is 11.3 Å². The number of para-hydroxylation sites is 1. The highest BCUT2D eigenvalue weighted by Gasteiger charge is 2.06. The van der Waals surface area contributed by atoms with Gasteiger partial charge in [-0.2, -0.15) is 0 Å². The Kier molecular flexibility index (Phi) is 3.89. The van der Waals surface area contributed by atoms with E-state index in [1.165, 1.54) is 12.4 Å². The molecule has 0 spiro atoms. The van der Waals surface area contributed by atoms with Crippen molar-refractivity contribution in [2.75, 3.05) is 0 Å². The zero-order valence-corrected chi connectivity index (χ0v) is 9.89. The van der Waals surface area contributed by atoms with Gasteiger partial charge in [-0.05, 0) is 6.07 Å². The van der Waals surface area contributed by atoms with E-state index in [4.69, 9.17) is 20.8 Å². The molecule has 2 rings (SSSR count). The molecule has 0 fully saturated rings. The van der Waals surface area contributed by atoms with Crippen molar-refractivity contribution in [3.63, 3.8) is 0 Å². The fourth-order valence-electron chi connectivity index (χ4n) is 1.40. The standard InChI is InChI=1S/C12H12N4O3/c13-12(16-18)9-5-15-11(6-14-9)19-10-4-2-1-3-8(10)7-17/h1-6,17-18H,7H2,(H2,13,16). The van der Waals surface area contributed by atoms with E-state index in [0.29, 0.717) is 11.3 Å². The lowest BCUT2D eigenvalue weighted by Crippen LogP contribution is -2.15. The number of ether oxygens (including phenoxy) is 1. The minimum atomic E-state index is -0.133. The van der Waals surface area contributed by atoms with Crippen LogP contribution in [0.25, 0.3) is 0 Å². The normalized spacial score (nSPS) is 11.3. The summed E-state index contributed by atoms with van der Waals surface area (Å²) < 4.78 is 5.49. The average molecular weight is 260 g/mol. The van der Waals surface area contributed by atoms with Crippen molar-refractivity contribution in [3.05, 3.63) is 47.9 Å². The molecule has 0 bridgehead atoms. The fraction of sp³-hybridized carbons (Fsp3) is 0.0833. The second-order valence-corrected chi connectivity index (χ2v) is 3.59. The Balaban J connectivity index is 2.20. The highest BCUT2D eigenvalue weighted by atomic mass is 16.5. The summed E-state index contributed by atoms with van der Waals surface area (Å²) in [4.78, 5) is 7.92. The number of aromatic nitrogens is 2. The number of nitrogens with zero attached hydrogens (tertiary/aromatic N) is 3. The summed E-state index contributed by atoms with van der Waals surface area (Å²) in [6, 6.07) is 7.04. The van der Waals surface area contributed by atoms with Crippen LogP contribution in [0.5, 0.6) is 11.6 Å². The van der Waals surface area contributed by atoms with E-state index >= 15 is 0 Å². The Morgan fingerprint density at radius 2 is 2.05 bits per heavy atom. The molecule has 1 heterocycles. The maximum Gasteiger partial charge on any atom is 0.237 e. The van der Waals surface area contributed by atoms with Gasteiger partial charge >= 0.3 is 0 Å². The molecule has 7 heteroatoms. The van der Waals surface area contributed by atoms with Gasteiger partial charge in [-0.1, -0.05) is 23.4 Å². The first-order valence-corrected chi connectivity index (χ1v) is 5.41. The first-order valence-electron chi connectivity index (χ1n) is 5.41. The summed E-state index contributed by atoms with van der Waals surface area (Å²) in [5, 5.41) is 20.5. The van der Waals surface area contributed by atoms with Gasteiger partial charge in [0.2, 0.25) is 5.88 Å². The minimum absolute atomic E-state index is 0.130. The summed E-state index contributed by atoms with van der Waals surface area (Å²) in [5.41, 5.74) is 6.25. The molecule has 0 atom stereocenters. The van der Waals surface area contributed by atoms with Crippen LogP contribution in [0.15, 0.2) is 41.8 Å². The predicted molar refractivity (Wildman–Crippen MR) is 67.0 cm³/mol. The number of nitrogens with two attached hydrogens (primary N) is 1. The van der Waals surface area contributed by atoms with Crippen molar-refractivity contribution in [1.29, 1.82) is 0 Å². The first-order chi connectivity index (χ1) is 9.24. The summed E-state index contributed by atoms with van der Waals surface area (Å²) in [7, 11) is 0. The van der Waals surface area contributed by atoms with Crippen LogP contribution in [0.4, 0.5) is 0 Å². The maximum atomic E-state index is 9.17. The van der Waals surface area contributed by atoms with E-state index in [9.17, 15) is 0 Å². The molecule has 0 aliphatic carbocycles. The van der Waals surface area contributed by atoms with Crippen molar-refractivity contribution >= 4 is 5.84 Å². The van der Waals surface area contributed by atoms with Crippen molar-refractivity contribution in [3.8, 4) is 11.6 Å². The smallest absolute Gasteiger partial charge is 0.237 e. The Labute approximate surface area is 109 Å². The number of benzene rings is 1. The van der Waals surface area contributed by atoms with E-state index in [1.54, 1.807) is 24.3 Å². The number of aliphatic hydroxyl groups excluding tert-OH is 1. The molecule has 98 valence electrons. The molecule has 0 unspecified atom stereocenters. The fourth-order valence-corrected chi connectivity index (χ4v) is 1.40. The maximum absolute atomic E-state index is 9.17. The monoisotopic (exact) mass is 260 g/mol. The molecule has 7 nitrogen and oxygen atoms in total. The summed E-state index contributed by atoms with van der Waals surface area (Å²) >= 11 is 0. The van der Waals surface area contributed by atoms with Crippen LogP contribution in [0, 0.1) is 0 Å². The molecule has 0 saturated carbocycles. The lowest BCUT2D eigenvalue weighted by Gasteiger charge is -2.08. The van der Waals surface area contributed by atoms with Gasteiger partial charge in [0.05, 0.1) is 19.0 Å². The molecule has 0 aliphatic rings. The first kappa shape index (κ1) is 12.8. The number of rotatable bonds is 4. The molecule has 0 saturated heterocycles. The third kappa shape index (κ3) is 2.96. The van der Waals surface area contributed by atoms with E-state index in [1.807, 2.05) is 0 Å². The molecular weight excluding hydrogens is 248 g/mol. The second kappa shape index (κ2) is 5.78. The zero-order valence-electron chi connectivity index (χ0n) is 9.89. The topological polar surface area (TPSA) is 114 Å². The van der Waals surface area contributed by atoms with Gasteiger partial charge in [0, 0.05) is 5.56 Å². The lowest BCUT2D eigenvalue weighted by molar-refractivity contribution is 0.276. The number of oxime groups is 1. The highest BCUT2D eigenvalue weighted by molar-refractivity contribution is 5.94. The summed E-state index contributed by atoms with van der Waals surface area (Å²) in [5.74, 6) is 0.612. The van der Waals surface area contributed by atoms with E-state index in [2.05, 4.69) is 15.1 Å². The van der Waals surface area contributed by atoms with Gasteiger partial charge in [-0.25, -0.2) is 9.97 Å². The van der Waals surface area contributed by atoms with Crippen molar-refractivity contribution < 1.29 is 15.1 Å². The highest BCUT2D eigenvalue weighted by Crippen LogP contribution is 2.23. The Morgan fingerprint density at radius 1 is 1.26 bits per heavy atom. The van der Waals surface area contributed by atoms with Crippen LogP contribution in [0.3, 0.4) is 0 Å². The molecule has 1 aromatic carbocycles. The average Bonchev–Trinajstić information content (AvgIpc) is 2.48. The third-order valence-electron chi connectivity index (χ3n) is 2.36. The SMILES string of the molecule is NC(=NO)c1cnc(Oc2ccccc2CO)cn1. The van der Waals surface area contributed by atoms with Gasteiger partial charge in [-0.15, -0.1) is 0 Å². The quantitative estimate of drug-likeness (QED) is 0.325.